The van der Waals surface area contributed by atoms with Crippen LogP contribution in [0.3, 0.4) is 0 Å². The Bertz CT molecular complexity index is 1780. The van der Waals surface area contributed by atoms with Crippen LogP contribution >= 0.6 is 31.9 Å². The van der Waals surface area contributed by atoms with Crippen molar-refractivity contribution in [3.8, 4) is 24.2 Å². The van der Waals surface area contributed by atoms with Gasteiger partial charge in [-0.05, 0) is 65.3 Å². The number of carbonyl (C=O) groups is 8. The zero-order valence-electron chi connectivity index (χ0n) is 36.2. The van der Waals surface area contributed by atoms with Crippen molar-refractivity contribution >= 4 is 79.1 Å². The molecule has 0 atom stereocenters. The normalized spacial score (nSPS) is 9.74. The summed E-state index contributed by atoms with van der Waals surface area (Å²) < 4.78 is 20.2. The van der Waals surface area contributed by atoms with Crippen LogP contribution in [-0.2, 0) is 47.7 Å². The summed E-state index contributed by atoms with van der Waals surface area (Å²) in [4.78, 5) is 94.3. The van der Waals surface area contributed by atoms with E-state index < -0.39 is 59.5 Å². The van der Waals surface area contributed by atoms with Crippen molar-refractivity contribution < 1.29 is 57.3 Å². The topological polar surface area (TPSA) is 198 Å². The number of carbonyl (C=O) groups excluding carboxylic acids is 8. The minimum absolute atomic E-state index is 0.0282. The van der Waals surface area contributed by atoms with Crippen LogP contribution in [0.25, 0.3) is 0 Å². The Kier molecular flexibility index (Phi) is 32.6. The minimum atomic E-state index is -2.24. The molecule has 2 aromatic carbocycles. The summed E-state index contributed by atoms with van der Waals surface area (Å²) in [5.41, 5.74) is -0.459. The van der Waals surface area contributed by atoms with Crippen molar-refractivity contribution in [3.05, 3.63) is 69.7 Å². The van der Waals surface area contributed by atoms with Crippen LogP contribution < -0.4 is 10.6 Å². The number of nitrogens with one attached hydrogen (secondary N) is 2. The first kappa shape index (κ1) is 57.8. The molecular weight excluding hydrogens is 920 g/mol. The van der Waals surface area contributed by atoms with Gasteiger partial charge >= 0.3 is 23.9 Å². The Hall–Kier alpha value is -5.32. The standard InChI is InChI=1S/C25H33NO6.C9H15NO5.C8H6Br2O.C3H4/c1-5-8-9-10-11-12-13-20-14-16-21(17-15-20)22(28)18-25(26-19(4)27,23(29)31-6-2)24(30)32-7-3;1-4-14-8(12)7(10-6(3)11)9(13)15-5-2;9-5-8(11)6-1-3-7(10)4-2-6;1-3-2/h14-17H,5-11,18H2,1-4H3,(H,26,27);7H,4-5H2,1-3H3,(H,10,11);1-4H,5H2;1H,2H3. The lowest BCUT2D eigenvalue weighted by Crippen LogP contribution is -2.62. The van der Waals surface area contributed by atoms with Gasteiger partial charge in [-0.1, -0.05) is 94.2 Å². The summed E-state index contributed by atoms with van der Waals surface area (Å²) in [7, 11) is 0. The fourth-order valence-electron chi connectivity index (χ4n) is 4.65. The zero-order chi connectivity index (χ0) is 46.8. The van der Waals surface area contributed by atoms with Gasteiger partial charge in [0, 0.05) is 41.4 Å². The van der Waals surface area contributed by atoms with Gasteiger partial charge in [0.2, 0.25) is 23.4 Å². The van der Waals surface area contributed by atoms with E-state index in [1.54, 1.807) is 71.0 Å². The van der Waals surface area contributed by atoms with Crippen LogP contribution in [0.15, 0.2) is 53.0 Å². The molecule has 2 N–H and O–H groups in total. The summed E-state index contributed by atoms with van der Waals surface area (Å²) in [6, 6.07) is 12.5. The maximum Gasteiger partial charge on any atom is 0.344 e. The molecule has 334 valence electrons. The van der Waals surface area contributed by atoms with E-state index in [1.165, 1.54) is 19.8 Å². The fraction of sp³-hybridized carbons (Fsp3) is 0.467. The van der Waals surface area contributed by atoms with Gasteiger partial charge in [-0.25, -0.2) is 19.2 Å². The van der Waals surface area contributed by atoms with Crippen molar-refractivity contribution in [1.29, 1.82) is 0 Å². The number of esters is 4. The molecule has 2 amide bonds. The Labute approximate surface area is 376 Å². The Morgan fingerprint density at radius 2 is 1.15 bits per heavy atom. The van der Waals surface area contributed by atoms with E-state index in [4.69, 9.17) is 9.47 Å². The number of benzene rings is 2. The molecule has 0 radical (unpaired) electrons. The second-order valence-electron chi connectivity index (χ2n) is 12.3. The van der Waals surface area contributed by atoms with Gasteiger partial charge in [-0.15, -0.1) is 12.3 Å². The van der Waals surface area contributed by atoms with Crippen molar-refractivity contribution in [1.82, 2.24) is 10.6 Å². The van der Waals surface area contributed by atoms with E-state index >= 15 is 0 Å². The lowest BCUT2D eigenvalue weighted by Gasteiger charge is -2.29. The zero-order valence-corrected chi connectivity index (χ0v) is 39.4. The number of ether oxygens (including phenoxy) is 4. The van der Waals surface area contributed by atoms with Crippen LogP contribution in [-0.4, -0.2) is 90.6 Å². The average Bonchev–Trinajstić information content (AvgIpc) is 3.22. The SMILES string of the molecule is C#CC.CCCCCCC#Cc1ccc(C(=O)CC(NC(C)=O)(C(=O)OCC)C(=O)OCC)cc1.CCOC(=O)C(NC(C)=O)C(=O)OCC.O=C(CBr)c1ccc(Br)cc1. The number of ketones is 2. The van der Waals surface area contributed by atoms with Crippen LogP contribution in [0, 0.1) is 24.2 Å². The average molecular weight is 979 g/mol. The molecule has 14 nitrogen and oxygen atoms in total. The maximum absolute atomic E-state index is 12.9. The van der Waals surface area contributed by atoms with Gasteiger partial charge in [0.1, 0.15) is 0 Å². The number of alkyl halides is 1. The lowest BCUT2D eigenvalue weighted by molar-refractivity contribution is -0.168. The molecule has 0 fully saturated rings. The van der Waals surface area contributed by atoms with Crippen molar-refractivity contribution in [2.24, 2.45) is 0 Å². The summed E-state index contributed by atoms with van der Waals surface area (Å²) in [6.07, 6.45) is 9.40. The highest BCUT2D eigenvalue weighted by molar-refractivity contribution is 9.10. The number of halogens is 2. The molecule has 0 spiro atoms. The molecule has 0 saturated heterocycles. The molecule has 0 saturated carbocycles. The highest BCUT2D eigenvalue weighted by Gasteiger charge is 2.51. The molecule has 0 aliphatic carbocycles. The third-order valence-corrected chi connectivity index (χ3v) is 8.38. The second-order valence-corrected chi connectivity index (χ2v) is 13.8. The molecule has 2 rings (SSSR count). The Morgan fingerprint density at radius 3 is 1.56 bits per heavy atom. The highest BCUT2D eigenvalue weighted by Crippen LogP contribution is 2.21. The van der Waals surface area contributed by atoms with Gasteiger partial charge < -0.3 is 29.6 Å². The van der Waals surface area contributed by atoms with E-state index in [1.807, 2.05) is 12.1 Å². The number of terminal acetylenes is 1. The predicted molar refractivity (Wildman–Crippen MR) is 238 cm³/mol. The molecule has 0 aliphatic rings. The smallest absolute Gasteiger partial charge is 0.344 e. The van der Waals surface area contributed by atoms with E-state index in [9.17, 15) is 38.4 Å². The monoisotopic (exact) mass is 976 g/mol. The van der Waals surface area contributed by atoms with Crippen LogP contribution in [0.1, 0.15) is 120 Å². The largest absolute Gasteiger partial charge is 0.464 e. The van der Waals surface area contributed by atoms with Gasteiger partial charge in [0.05, 0.1) is 38.2 Å². The van der Waals surface area contributed by atoms with Gasteiger partial charge in [-0.2, -0.15) is 0 Å². The maximum atomic E-state index is 12.9. The van der Waals surface area contributed by atoms with Crippen LogP contribution in [0.2, 0.25) is 0 Å². The first-order valence-corrected chi connectivity index (χ1v) is 21.5. The number of hydrogen-bond acceptors (Lipinski definition) is 12. The van der Waals surface area contributed by atoms with Gasteiger partial charge in [0.15, 0.2) is 11.6 Å². The predicted octanol–water partition coefficient (Wildman–Crippen LogP) is 6.87. The van der Waals surface area contributed by atoms with E-state index in [0.717, 1.165) is 41.8 Å². The Balaban J connectivity index is 0. The van der Waals surface area contributed by atoms with Crippen molar-refractivity contribution in [2.75, 3.05) is 31.8 Å². The molecule has 0 unspecified atom stereocenters. The summed E-state index contributed by atoms with van der Waals surface area (Å²) in [5.74, 6) is 3.17. The number of rotatable bonds is 19. The molecule has 0 aliphatic heterocycles. The molecule has 0 heterocycles. The molecule has 0 aromatic heterocycles. The van der Waals surface area contributed by atoms with E-state index in [0.29, 0.717) is 5.33 Å². The third kappa shape index (κ3) is 24.5. The number of Topliss-reactive ketones (excluding diaryl/α,β-unsaturated/α-hetero) is 2. The third-order valence-electron chi connectivity index (χ3n) is 7.34. The quantitative estimate of drug-likeness (QED) is 0.0283. The minimum Gasteiger partial charge on any atom is -0.464 e. The molecular formula is C45H58Br2N2O12. The first-order chi connectivity index (χ1) is 29.0. The molecule has 61 heavy (non-hydrogen) atoms. The van der Waals surface area contributed by atoms with Gasteiger partial charge in [0.25, 0.3) is 0 Å². The van der Waals surface area contributed by atoms with Crippen molar-refractivity contribution in [3.63, 3.8) is 0 Å². The lowest BCUT2D eigenvalue weighted by atomic mass is 9.89. The fourth-order valence-corrected chi connectivity index (χ4v) is 5.24. The van der Waals surface area contributed by atoms with Crippen LogP contribution in [0.5, 0.6) is 0 Å². The van der Waals surface area contributed by atoms with Gasteiger partial charge in [-0.3, -0.25) is 19.2 Å². The molecule has 0 bridgehead atoms. The number of unbranched alkanes of at least 4 members (excludes halogenated alkanes) is 4. The Morgan fingerprint density at radius 1 is 0.689 bits per heavy atom. The van der Waals surface area contributed by atoms with Crippen molar-refractivity contribution in [2.45, 2.75) is 105 Å². The second kappa shape index (κ2) is 34.4. The summed E-state index contributed by atoms with van der Waals surface area (Å²) in [5, 5.41) is 4.84. The van der Waals surface area contributed by atoms with Crippen LogP contribution in [0.4, 0.5) is 0 Å². The molecule has 2 aromatic rings. The van der Waals surface area contributed by atoms with E-state index in [2.05, 4.69) is 83.1 Å². The van der Waals surface area contributed by atoms with E-state index in [-0.39, 0.29) is 37.8 Å². The highest BCUT2D eigenvalue weighted by atomic mass is 79.9. The number of hydrogen-bond donors (Lipinski definition) is 2. The summed E-state index contributed by atoms with van der Waals surface area (Å²) >= 11 is 6.40. The molecule has 16 heteroatoms. The number of amides is 2. The first-order valence-electron chi connectivity index (χ1n) is 19.6. The summed E-state index contributed by atoms with van der Waals surface area (Å²) in [6.45, 7) is 12.7.